The summed E-state index contributed by atoms with van der Waals surface area (Å²) in [4.78, 5) is 21.6. The summed E-state index contributed by atoms with van der Waals surface area (Å²) >= 11 is 0. The van der Waals surface area contributed by atoms with E-state index in [0.717, 1.165) is 40.1 Å². The van der Waals surface area contributed by atoms with Crippen molar-refractivity contribution in [3.8, 4) is 0 Å². The highest BCUT2D eigenvalue weighted by Crippen LogP contribution is 2.45. The van der Waals surface area contributed by atoms with Crippen LogP contribution in [-0.4, -0.2) is 42.1 Å². The molecule has 2 unspecified atom stereocenters. The second-order valence-electron chi connectivity index (χ2n) is 8.87. The molecule has 1 aliphatic carbocycles. The summed E-state index contributed by atoms with van der Waals surface area (Å²) < 4.78 is 3.50. The van der Waals surface area contributed by atoms with E-state index in [1.807, 2.05) is 31.3 Å². The van der Waals surface area contributed by atoms with Gasteiger partial charge in [-0.1, -0.05) is 6.07 Å². The van der Waals surface area contributed by atoms with Crippen LogP contribution in [0.2, 0.25) is 0 Å². The number of carboxylic acids is 1. The fraction of sp³-hybridized carbons (Fsp3) is 0.231. The maximum Gasteiger partial charge on any atom is 0.354 e. The van der Waals surface area contributed by atoms with Gasteiger partial charge in [0.15, 0.2) is 0 Å². The van der Waals surface area contributed by atoms with E-state index in [-0.39, 0.29) is 24.2 Å². The van der Waals surface area contributed by atoms with E-state index in [0.29, 0.717) is 17.8 Å². The number of aromatic nitrogens is 4. The molecule has 2 aromatic carbocycles. The summed E-state index contributed by atoms with van der Waals surface area (Å²) in [6.45, 7) is 0.542. The van der Waals surface area contributed by atoms with Gasteiger partial charge in [-0.2, -0.15) is 5.10 Å². The summed E-state index contributed by atoms with van der Waals surface area (Å²) in [5.41, 5.74) is 11.5. The number of amidine groups is 1. The second-order valence-corrected chi connectivity index (χ2v) is 8.87. The number of imidazole rings is 1. The highest BCUT2D eigenvalue weighted by atomic mass is 35.5. The van der Waals surface area contributed by atoms with Crippen molar-refractivity contribution in [2.24, 2.45) is 25.0 Å². The molecule has 1 saturated carbocycles. The number of rotatable bonds is 9. The number of nitrogens with two attached hydrogens (primary N) is 1. The van der Waals surface area contributed by atoms with Crippen molar-refractivity contribution in [1.82, 2.24) is 19.3 Å². The van der Waals surface area contributed by atoms with Crippen molar-refractivity contribution < 1.29 is 14.7 Å². The molecule has 4 aromatic rings. The van der Waals surface area contributed by atoms with Crippen LogP contribution in [0.3, 0.4) is 0 Å². The lowest BCUT2D eigenvalue weighted by Crippen LogP contribution is -2.16. The SMILES string of the molecule is Cl.Cn1nccc1C(ON=C=C1CC1c1ccc2c(c1)nc(CNc1ccc(C(=N)N)cc1)n2C)C(=O)O. The zero-order valence-corrected chi connectivity index (χ0v) is 21.6. The monoisotopic (exact) mass is 534 g/mol. The minimum Gasteiger partial charge on any atom is -0.478 e. The number of halogens is 1. The molecule has 2 aromatic heterocycles. The Morgan fingerprint density at radius 1 is 1.29 bits per heavy atom. The van der Waals surface area contributed by atoms with Crippen LogP contribution in [0.15, 0.2) is 65.5 Å². The molecular formula is C26H27ClN8O3. The molecule has 0 radical (unpaired) electrons. The van der Waals surface area contributed by atoms with Crippen molar-refractivity contribution in [2.45, 2.75) is 25.0 Å². The first-order chi connectivity index (χ1) is 17.8. The molecule has 5 N–H and O–H groups in total. The van der Waals surface area contributed by atoms with Gasteiger partial charge in [-0.3, -0.25) is 10.1 Å². The van der Waals surface area contributed by atoms with E-state index < -0.39 is 12.1 Å². The van der Waals surface area contributed by atoms with Gasteiger partial charge >= 0.3 is 5.97 Å². The third kappa shape index (κ3) is 5.39. The van der Waals surface area contributed by atoms with Crippen molar-refractivity contribution in [2.75, 3.05) is 5.32 Å². The molecule has 38 heavy (non-hydrogen) atoms. The first kappa shape index (κ1) is 26.5. The van der Waals surface area contributed by atoms with E-state index in [2.05, 4.69) is 44.2 Å². The van der Waals surface area contributed by atoms with Crippen LogP contribution in [-0.2, 0) is 30.3 Å². The van der Waals surface area contributed by atoms with Gasteiger partial charge < -0.3 is 25.6 Å². The number of carboxylic acid groups (broad SMARTS) is 1. The summed E-state index contributed by atoms with van der Waals surface area (Å²) in [5.74, 6) is 2.79. The standard InChI is InChI=1S/C26H26N8O3.ClH/c1-33-21-8-5-16(12-20(21)32-23(33)14-29-18-6-3-15(4-7-18)25(27)28)19-11-17(19)13-31-37-24(26(35)36)22-9-10-30-34(22)2;/h3-10,12,19,24,29H,11,14H2,1-2H3,(H3,27,28)(H,35,36);1H. The Bertz CT molecular complexity index is 1570. The summed E-state index contributed by atoms with van der Waals surface area (Å²) in [6.07, 6.45) is 1.04. The summed E-state index contributed by atoms with van der Waals surface area (Å²) in [6, 6.07) is 15.2. The molecule has 0 saturated heterocycles. The average molecular weight is 535 g/mol. The number of nitrogen functional groups attached to an aromatic ring is 1. The normalized spacial score (nSPS) is 14.8. The van der Waals surface area contributed by atoms with E-state index in [1.165, 1.54) is 10.9 Å². The minimum absolute atomic E-state index is 0. The fourth-order valence-electron chi connectivity index (χ4n) is 4.20. The van der Waals surface area contributed by atoms with Gasteiger partial charge in [-0.15, -0.1) is 12.4 Å². The largest absolute Gasteiger partial charge is 0.478 e. The maximum atomic E-state index is 11.6. The molecule has 2 atom stereocenters. The molecule has 0 amide bonds. The highest BCUT2D eigenvalue weighted by Gasteiger charge is 2.33. The van der Waals surface area contributed by atoms with E-state index >= 15 is 0 Å². The smallest absolute Gasteiger partial charge is 0.354 e. The van der Waals surface area contributed by atoms with Crippen molar-refractivity contribution in [3.63, 3.8) is 0 Å². The maximum absolute atomic E-state index is 11.6. The quantitative estimate of drug-likeness (QED) is 0.145. The molecule has 1 fully saturated rings. The van der Waals surface area contributed by atoms with Gasteiger partial charge in [-0.05, 0) is 59.6 Å². The third-order valence-corrected chi connectivity index (χ3v) is 6.43. The van der Waals surface area contributed by atoms with Crippen LogP contribution >= 0.6 is 12.4 Å². The van der Waals surface area contributed by atoms with Gasteiger partial charge in [-0.25, -0.2) is 9.78 Å². The molecule has 5 rings (SSSR count). The minimum atomic E-state index is -1.25. The molecule has 1 aliphatic rings. The number of carbonyl (C=O) groups is 1. The van der Waals surface area contributed by atoms with Gasteiger partial charge in [0.1, 0.15) is 11.7 Å². The highest BCUT2D eigenvalue weighted by molar-refractivity contribution is 5.95. The van der Waals surface area contributed by atoms with Crippen molar-refractivity contribution in [3.05, 3.63) is 82.9 Å². The molecule has 196 valence electrons. The number of aliphatic carboxylic acids is 1. The van der Waals surface area contributed by atoms with Crippen molar-refractivity contribution in [1.29, 1.82) is 5.41 Å². The van der Waals surface area contributed by atoms with Crippen molar-refractivity contribution >= 4 is 46.8 Å². The van der Waals surface area contributed by atoms with Gasteiger partial charge in [0.25, 0.3) is 6.10 Å². The Hall–Kier alpha value is -4.60. The fourth-order valence-corrected chi connectivity index (χ4v) is 4.20. The van der Waals surface area contributed by atoms with Crippen LogP contribution in [0, 0.1) is 5.41 Å². The Balaban J connectivity index is 0.00000336. The Morgan fingerprint density at radius 3 is 2.71 bits per heavy atom. The molecule has 0 aliphatic heterocycles. The Morgan fingerprint density at radius 2 is 2.05 bits per heavy atom. The molecular weight excluding hydrogens is 508 g/mol. The van der Waals surface area contributed by atoms with Crippen LogP contribution < -0.4 is 11.1 Å². The van der Waals surface area contributed by atoms with E-state index in [4.69, 9.17) is 21.0 Å². The zero-order chi connectivity index (χ0) is 26.1. The molecule has 2 heterocycles. The zero-order valence-electron chi connectivity index (χ0n) is 20.8. The van der Waals surface area contributed by atoms with Crippen LogP contribution in [0.4, 0.5) is 5.69 Å². The van der Waals surface area contributed by atoms with Crippen LogP contribution in [0.5, 0.6) is 0 Å². The Kier molecular flexibility index (Phi) is 7.52. The molecule has 12 heteroatoms. The number of hydrogen-bond acceptors (Lipinski definition) is 7. The lowest BCUT2D eigenvalue weighted by molar-refractivity contribution is -0.151. The number of anilines is 1. The predicted octanol–water partition coefficient (Wildman–Crippen LogP) is 3.47. The molecule has 0 bridgehead atoms. The van der Waals surface area contributed by atoms with E-state index in [9.17, 15) is 9.90 Å². The first-order valence-corrected chi connectivity index (χ1v) is 11.6. The topological polar surface area (TPSA) is 156 Å². The average Bonchev–Trinajstić information content (AvgIpc) is 3.43. The number of aryl methyl sites for hydroxylation is 2. The second kappa shape index (κ2) is 10.8. The van der Waals surface area contributed by atoms with Crippen LogP contribution in [0.25, 0.3) is 11.0 Å². The first-order valence-electron chi connectivity index (χ1n) is 11.6. The number of benzene rings is 2. The number of fused-ring (bicyclic) bond motifs is 1. The van der Waals surface area contributed by atoms with Gasteiger partial charge in [0, 0.05) is 48.9 Å². The lowest BCUT2D eigenvalue weighted by atomic mass is 10.1. The lowest BCUT2D eigenvalue weighted by Gasteiger charge is -2.09. The van der Waals surface area contributed by atoms with Gasteiger partial charge in [0.2, 0.25) is 0 Å². The number of nitrogens with one attached hydrogen (secondary N) is 2. The Labute approximate surface area is 224 Å². The summed E-state index contributed by atoms with van der Waals surface area (Å²) in [7, 11) is 3.63. The third-order valence-electron chi connectivity index (χ3n) is 6.43. The number of nitrogens with zero attached hydrogens (tertiary/aromatic N) is 5. The molecule has 0 spiro atoms. The summed E-state index contributed by atoms with van der Waals surface area (Å²) in [5, 5.41) is 28.1. The van der Waals surface area contributed by atoms with Gasteiger partial charge in [0.05, 0.1) is 23.3 Å². The number of hydrogen-bond donors (Lipinski definition) is 4. The van der Waals surface area contributed by atoms with Crippen LogP contribution in [0.1, 0.15) is 41.1 Å². The predicted molar refractivity (Wildman–Crippen MR) is 146 cm³/mol. The van der Waals surface area contributed by atoms with E-state index in [1.54, 1.807) is 13.1 Å². The molecule has 11 nitrogen and oxygen atoms in total. The number of allylic oxidation sites excluding steroid dienone is 1.